The Morgan fingerprint density at radius 2 is 1.61 bits per heavy atom. The highest BCUT2D eigenvalue weighted by molar-refractivity contribution is 6.01. The van der Waals surface area contributed by atoms with Gasteiger partial charge in [0.2, 0.25) is 0 Å². The number of rotatable bonds is 4. The van der Waals surface area contributed by atoms with Crippen LogP contribution in [0, 0.1) is 0 Å². The van der Waals surface area contributed by atoms with Gasteiger partial charge in [-0.05, 0) is 18.2 Å². The number of carbonyl (C=O) groups excluding carboxylic acids is 2. The maximum absolute atomic E-state index is 12.1. The summed E-state index contributed by atoms with van der Waals surface area (Å²) in [6, 6.07) is 17.0. The Labute approximate surface area is 132 Å². The molecule has 0 N–H and O–H groups in total. The molecule has 2 aromatic carbocycles. The highest BCUT2D eigenvalue weighted by atomic mass is 16.5. The number of fused-ring (bicyclic) bond motifs is 1. The molecule has 0 aliphatic heterocycles. The van der Waals surface area contributed by atoms with Gasteiger partial charge in [0.15, 0.2) is 0 Å². The molecule has 114 valence electrons. The third kappa shape index (κ3) is 3.18. The standard InChI is InChI=1S/C18H13NO4/c20-17(21)14-6-2-3-7-15(14)18(22)23-11-13-10-9-12-5-1-4-8-16(12)19-13/h1-10H,11H2,(H,20,21)/p-1. The van der Waals surface area contributed by atoms with Crippen LogP contribution in [0.25, 0.3) is 10.9 Å². The summed E-state index contributed by atoms with van der Waals surface area (Å²) in [5.41, 5.74) is 1.16. The van der Waals surface area contributed by atoms with Crippen LogP contribution < -0.4 is 5.11 Å². The molecule has 3 rings (SSSR count). The van der Waals surface area contributed by atoms with Gasteiger partial charge in [-0.2, -0.15) is 0 Å². The Morgan fingerprint density at radius 3 is 2.39 bits per heavy atom. The second kappa shape index (κ2) is 6.27. The number of nitrogens with zero attached hydrogens (tertiary/aromatic N) is 1. The lowest BCUT2D eigenvalue weighted by Crippen LogP contribution is -2.25. The molecule has 0 saturated carbocycles. The van der Waals surface area contributed by atoms with Gasteiger partial charge in [0.1, 0.15) is 6.61 Å². The third-order valence-corrected chi connectivity index (χ3v) is 3.37. The molecule has 1 heterocycles. The van der Waals surface area contributed by atoms with Gasteiger partial charge in [-0.3, -0.25) is 0 Å². The molecule has 0 saturated heterocycles. The van der Waals surface area contributed by atoms with Crippen molar-refractivity contribution in [2.24, 2.45) is 0 Å². The summed E-state index contributed by atoms with van der Waals surface area (Å²) in [5.74, 6) is -2.14. The molecule has 3 aromatic rings. The van der Waals surface area contributed by atoms with E-state index in [1.54, 1.807) is 12.1 Å². The molecular formula is C18H12NO4-. The van der Waals surface area contributed by atoms with Crippen LogP contribution in [0.3, 0.4) is 0 Å². The van der Waals surface area contributed by atoms with Crippen molar-refractivity contribution in [3.8, 4) is 0 Å². The van der Waals surface area contributed by atoms with Gasteiger partial charge >= 0.3 is 5.97 Å². The van der Waals surface area contributed by atoms with Gasteiger partial charge in [-0.1, -0.05) is 42.5 Å². The monoisotopic (exact) mass is 306 g/mol. The predicted octanol–water partition coefficient (Wildman–Crippen LogP) is 1.96. The minimum absolute atomic E-state index is 0.0340. The lowest BCUT2D eigenvalue weighted by molar-refractivity contribution is -0.255. The van der Waals surface area contributed by atoms with Crippen molar-refractivity contribution in [2.45, 2.75) is 6.61 Å². The summed E-state index contributed by atoms with van der Waals surface area (Å²) in [7, 11) is 0. The SMILES string of the molecule is O=C([O-])c1ccccc1C(=O)OCc1ccc2ccccc2n1. The molecule has 0 fully saturated rings. The van der Waals surface area contributed by atoms with Crippen LogP contribution in [0.2, 0.25) is 0 Å². The van der Waals surface area contributed by atoms with E-state index in [4.69, 9.17) is 4.74 Å². The number of carboxylic acid groups (broad SMARTS) is 1. The van der Waals surface area contributed by atoms with Crippen LogP contribution in [0.15, 0.2) is 60.7 Å². The van der Waals surface area contributed by atoms with E-state index in [0.717, 1.165) is 10.9 Å². The first-order valence-electron chi connectivity index (χ1n) is 6.97. The van der Waals surface area contributed by atoms with Gasteiger partial charge in [0, 0.05) is 10.9 Å². The van der Waals surface area contributed by atoms with E-state index >= 15 is 0 Å². The fourth-order valence-corrected chi connectivity index (χ4v) is 2.24. The summed E-state index contributed by atoms with van der Waals surface area (Å²) in [4.78, 5) is 27.5. The van der Waals surface area contributed by atoms with Crippen molar-refractivity contribution in [1.82, 2.24) is 4.98 Å². The molecule has 5 heteroatoms. The van der Waals surface area contributed by atoms with Crippen LogP contribution in [-0.4, -0.2) is 16.9 Å². The fourth-order valence-electron chi connectivity index (χ4n) is 2.24. The minimum atomic E-state index is -1.42. The lowest BCUT2D eigenvalue weighted by atomic mass is 10.1. The zero-order chi connectivity index (χ0) is 16.2. The summed E-state index contributed by atoms with van der Waals surface area (Å²) in [6.07, 6.45) is 0. The first-order chi connectivity index (χ1) is 11.1. The Morgan fingerprint density at radius 1 is 0.913 bits per heavy atom. The van der Waals surface area contributed by atoms with E-state index in [2.05, 4.69) is 4.98 Å². The average Bonchev–Trinajstić information content (AvgIpc) is 2.59. The first kappa shape index (κ1) is 14.7. The minimum Gasteiger partial charge on any atom is -0.545 e. The number of hydrogen-bond donors (Lipinski definition) is 0. The second-order valence-corrected chi connectivity index (χ2v) is 4.90. The summed E-state index contributed by atoms with van der Waals surface area (Å²) < 4.78 is 5.16. The average molecular weight is 306 g/mol. The molecule has 0 bridgehead atoms. The molecule has 0 aliphatic rings. The number of carboxylic acids is 1. The first-order valence-corrected chi connectivity index (χ1v) is 6.97. The van der Waals surface area contributed by atoms with Gasteiger partial charge in [-0.25, -0.2) is 9.78 Å². The van der Waals surface area contributed by atoms with Gasteiger partial charge in [-0.15, -0.1) is 0 Å². The van der Waals surface area contributed by atoms with Gasteiger partial charge < -0.3 is 14.6 Å². The smallest absolute Gasteiger partial charge is 0.339 e. The quantitative estimate of drug-likeness (QED) is 0.688. The number of aromatic carboxylic acids is 1. The van der Waals surface area contributed by atoms with Crippen molar-refractivity contribution < 1.29 is 19.4 Å². The molecule has 1 aromatic heterocycles. The van der Waals surface area contributed by atoms with Gasteiger partial charge in [0.25, 0.3) is 0 Å². The van der Waals surface area contributed by atoms with E-state index in [0.29, 0.717) is 5.69 Å². The van der Waals surface area contributed by atoms with E-state index in [1.165, 1.54) is 18.2 Å². The number of carbonyl (C=O) groups is 2. The number of para-hydroxylation sites is 1. The summed E-state index contributed by atoms with van der Waals surface area (Å²) in [6.45, 7) is -0.0367. The van der Waals surface area contributed by atoms with E-state index in [9.17, 15) is 14.7 Å². The molecule has 0 spiro atoms. The zero-order valence-corrected chi connectivity index (χ0v) is 12.1. The maximum Gasteiger partial charge on any atom is 0.339 e. The Balaban J connectivity index is 1.77. The highest BCUT2D eigenvalue weighted by Crippen LogP contribution is 2.14. The Kier molecular flexibility index (Phi) is 4.01. The van der Waals surface area contributed by atoms with Crippen LogP contribution in [0.4, 0.5) is 0 Å². The number of pyridine rings is 1. The van der Waals surface area contributed by atoms with Crippen LogP contribution in [0.1, 0.15) is 26.4 Å². The topological polar surface area (TPSA) is 79.3 Å². The van der Waals surface area contributed by atoms with Crippen LogP contribution in [0.5, 0.6) is 0 Å². The number of benzene rings is 2. The highest BCUT2D eigenvalue weighted by Gasteiger charge is 2.13. The van der Waals surface area contributed by atoms with Crippen molar-refractivity contribution in [3.63, 3.8) is 0 Å². The van der Waals surface area contributed by atoms with Crippen molar-refractivity contribution in [1.29, 1.82) is 0 Å². The van der Waals surface area contributed by atoms with Crippen molar-refractivity contribution in [2.75, 3.05) is 0 Å². The molecule has 0 aliphatic carbocycles. The second-order valence-electron chi connectivity index (χ2n) is 4.90. The van der Waals surface area contributed by atoms with Crippen LogP contribution >= 0.6 is 0 Å². The molecular weight excluding hydrogens is 294 g/mol. The fraction of sp³-hybridized carbons (Fsp3) is 0.0556. The zero-order valence-electron chi connectivity index (χ0n) is 12.1. The van der Waals surface area contributed by atoms with E-state index < -0.39 is 11.9 Å². The van der Waals surface area contributed by atoms with Crippen molar-refractivity contribution >= 4 is 22.8 Å². The summed E-state index contributed by atoms with van der Waals surface area (Å²) in [5, 5.41) is 12.0. The molecule has 0 amide bonds. The molecule has 5 nitrogen and oxygen atoms in total. The molecule has 0 atom stereocenters. The third-order valence-electron chi connectivity index (χ3n) is 3.37. The van der Waals surface area contributed by atoms with Crippen molar-refractivity contribution in [3.05, 3.63) is 77.5 Å². The summed E-state index contributed by atoms with van der Waals surface area (Å²) >= 11 is 0. The molecule has 0 unspecified atom stereocenters. The van der Waals surface area contributed by atoms with E-state index in [-0.39, 0.29) is 17.7 Å². The normalized spacial score (nSPS) is 10.4. The molecule has 0 radical (unpaired) electrons. The molecule has 23 heavy (non-hydrogen) atoms. The lowest BCUT2D eigenvalue weighted by Gasteiger charge is -2.10. The largest absolute Gasteiger partial charge is 0.545 e. The van der Waals surface area contributed by atoms with Crippen LogP contribution in [-0.2, 0) is 11.3 Å². The maximum atomic E-state index is 12.1. The number of hydrogen-bond acceptors (Lipinski definition) is 5. The Hall–Kier alpha value is -3.21. The number of esters is 1. The van der Waals surface area contributed by atoms with Gasteiger partial charge in [0.05, 0.1) is 22.7 Å². The Bertz CT molecular complexity index is 889. The number of aromatic nitrogens is 1. The predicted molar refractivity (Wildman–Crippen MR) is 81.6 cm³/mol. The van der Waals surface area contributed by atoms with E-state index in [1.807, 2.05) is 30.3 Å². The number of ether oxygens (including phenoxy) is 1.